The number of hydrogen-bond donors (Lipinski definition) is 2. The molecule has 2 rings (SSSR count). The van der Waals surface area contributed by atoms with E-state index in [-0.39, 0.29) is 23.6 Å². The first kappa shape index (κ1) is 11.1. The van der Waals surface area contributed by atoms with Crippen LogP contribution in [0.3, 0.4) is 0 Å². The summed E-state index contributed by atoms with van der Waals surface area (Å²) in [7, 11) is 0. The maximum atomic E-state index is 13.0. The molecule has 88 valence electrons. The van der Waals surface area contributed by atoms with Crippen molar-refractivity contribution >= 4 is 11.9 Å². The number of aromatic nitrogens is 1. The second-order valence-electron chi connectivity index (χ2n) is 3.45. The van der Waals surface area contributed by atoms with Gasteiger partial charge in [-0.2, -0.15) is 0 Å². The monoisotopic (exact) mass is 236 g/mol. The quantitative estimate of drug-likeness (QED) is 0.846. The molecule has 0 aliphatic rings. The van der Waals surface area contributed by atoms with Gasteiger partial charge < -0.3 is 15.4 Å². The molecule has 0 fully saturated rings. The minimum Gasteiger partial charge on any atom is -0.481 e. The third kappa shape index (κ3) is 2.25. The maximum Gasteiger partial charge on any atom is 0.308 e. The Kier molecular flexibility index (Phi) is 2.78. The second-order valence-corrected chi connectivity index (χ2v) is 3.45. The van der Waals surface area contributed by atoms with Crippen molar-refractivity contribution < 1.29 is 18.8 Å². The van der Waals surface area contributed by atoms with Crippen LogP contribution in [0.1, 0.15) is 5.56 Å². The van der Waals surface area contributed by atoms with E-state index in [1.807, 2.05) is 0 Å². The Morgan fingerprint density at radius 3 is 2.94 bits per heavy atom. The molecule has 0 spiro atoms. The minimum absolute atomic E-state index is 0.0633. The number of hydrogen-bond acceptors (Lipinski definition) is 4. The molecule has 0 aliphatic carbocycles. The number of aliphatic carboxylic acids is 1. The standard InChI is InChI=1S/C11H9FN2O3/c12-7-3-1-2-6(4-7)10-8(5-9(15)16)11(13)17-14-10/h1-4H,5,13H2,(H,15,16). The molecule has 1 aromatic heterocycles. The summed E-state index contributed by atoms with van der Waals surface area (Å²) in [6.07, 6.45) is -0.318. The predicted octanol–water partition coefficient (Wildman–Crippen LogP) is 1.69. The van der Waals surface area contributed by atoms with Crippen molar-refractivity contribution in [1.29, 1.82) is 0 Å². The number of nitrogen functional groups attached to an aromatic ring is 1. The molecule has 6 heteroatoms. The number of rotatable bonds is 3. The first-order valence-electron chi connectivity index (χ1n) is 4.79. The Labute approximate surface area is 95.6 Å². The van der Waals surface area contributed by atoms with Crippen LogP contribution in [0.15, 0.2) is 28.8 Å². The summed E-state index contributed by atoms with van der Waals surface area (Å²) in [6, 6.07) is 5.62. The molecule has 0 amide bonds. The number of carbonyl (C=O) groups is 1. The molecule has 3 N–H and O–H groups in total. The zero-order valence-electron chi connectivity index (χ0n) is 8.68. The SMILES string of the molecule is Nc1onc(-c2cccc(F)c2)c1CC(=O)O. The smallest absolute Gasteiger partial charge is 0.308 e. The molecule has 1 heterocycles. The Morgan fingerprint density at radius 1 is 1.53 bits per heavy atom. The first-order valence-corrected chi connectivity index (χ1v) is 4.79. The molecule has 0 atom stereocenters. The molecule has 0 aliphatic heterocycles. The lowest BCUT2D eigenvalue weighted by molar-refractivity contribution is -0.136. The van der Waals surface area contributed by atoms with E-state index in [0.717, 1.165) is 0 Å². The van der Waals surface area contributed by atoms with Crippen molar-refractivity contribution in [3.05, 3.63) is 35.6 Å². The third-order valence-electron chi connectivity index (χ3n) is 2.24. The largest absolute Gasteiger partial charge is 0.481 e. The molecule has 0 unspecified atom stereocenters. The molecule has 0 saturated heterocycles. The Bertz CT molecular complexity index is 566. The lowest BCUT2D eigenvalue weighted by Gasteiger charge is -1.99. The molecule has 2 aromatic rings. The molecule has 1 aromatic carbocycles. The molecule has 0 bridgehead atoms. The lowest BCUT2D eigenvalue weighted by Crippen LogP contribution is -2.03. The highest BCUT2D eigenvalue weighted by Crippen LogP contribution is 2.27. The Balaban J connectivity index is 2.48. The summed E-state index contributed by atoms with van der Waals surface area (Å²) < 4.78 is 17.8. The highest BCUT2D eigenvalue weighted by Gasteiger charge is 2.18. The van der Waals surface area contributed by atoms with E-state index in [2.05, 4.69) is 5.16 Å². The van der Waals surface area contributed by atoms with Crippen LogP contribution in [0.4, 0.5) is 10.3 Å². The van der Waals surface area contributed by atoms with Crippen LogP contribution in [0, 0.1) is 5.82 Å². The molecule has 0 radical (unpaired) electrons. The summed E-state index contributed by atoms with van der Waals surface area (Å²) in [5.74, 6) is -1.56. The van der Waals surface area contributed by atoms with Crippen LogP contribution in [0.25, 0.3) is 11.3 Å². The summed E-state index contributed by atoms with van der Waals surface area (Å²) in [4.78, 5) is 10.7. The van der Waals surface area contributed by atoms with Gasteiger partial charge in [0.2, 0.25) is 5.88 Å². The Morgan fingerprint density at radius 2 is 2.29 bits per heavy atom. The van der Waals surface area contributed by atoms with Crippen LogP contribution in [-0.2, 0) is 11.2 Å². The number of halogens is 1. The van der Waals surface area contributed by atoms with Gasteiger partial charge in [-0.15, -0.1) is 0 Å². The van der Waals surface area contributed by atoms with Gasteiger partial charge in [0.05, 0.1) is 12.0 Å². The van der Waals surface area contributed by atoms with Crippen molar-refractivity contribution in [1.82, 2.24) is 5.16 Å². The van der Waals surface area contributed by atoms with Gasteiger partial charge in [-0.1, -0.05) is 17.3 Å². The molecule has 17 heavy (non-hydrogen) atoms. The van der Waals surface area contributed by atoms with Gasteiger partial charge in [-0.3, -0.25) is 4.79 Å². The van der Waals surface area contributed by atoms with Gasteiger partial charge in [-0.25, -0.2) is 4.39 Å². The zero-order valence-corrected chi connectivity index (χ0v) is 8.68. The van der Waals surface area contributed by atoms with Crippen molar-refractivity contribution in [3.8, 4) is 11.3 Å². The van der Waals surface area contributed by atoms with Gasteiger partial charge in [-0.05, 0) is 12.1 Å². The Hall–Kier alpha value is -2.37. The van der Waals surface area contributed by atoms with E-state index in [0.29, 0.717) is 5.56 Å². The normalized spacial score (nSPS) is 10.4. The third-order valence-corrected chi connectivity index (χ3v) is 2.24. The van der Waals surface area contributed by atoms with E-state index in [1.165, 1.54) is 18.2 Å². The molecule has 0 saturated carbocycles. The van der Waals surface area contributed by atoms with E-state index in [9.17, 15) is 9.18 Å². The number of nitrogens with zero attached hydrogens (tertiary/aromatic N) is 1. The predicted molar refractivity (Wildman–Crippen MR) is 57.6 cm³/mol. The fourth-order valence-electron chi connectivity index (χ4n) is 1.51. The van der Waals surface area contributed by atoms with Crippen LogP contribution in [-0.4, -0.2) is 16.2 Å². The van der Waals surface area contributed by atoms with E-state index < -0.39 is 11.8 Å². The minimum atomic E-state index is -1.06. The van der Waals surface area contributed by atoms with Crippen molar-refractivity contribution in [2.24, 2.45) is 0 Å². The number of carboxylic acid groups (broad SMARTS) is 1. The summed E-state index contributed by atoms with van der Waals surface area (Å²) in [5, 5.41) is 12.4. The van der Waals surface area contributed by atoms with Gasteiger partial charge in [0.15, 0.2) is 0 Å². The number of anilines is 1. The van der Waals surface area contributed by atoms with Crippen LogP contribution in [0.2, 0.25) is 0 Å². The average Bonchev–Trinajstić information content (AvgIpc) is 2.60. The number of benzene rings is 1. The summed E-state index contributed by atoms with van der Waals surface area (Å²) in [6.45, 7) is 0. The van der Waals surface area contributed by atoms with Gasteiger partial charge >= 0.3 is 5.97 Å². The van der Waals surface area contributed by atoms with Gasteiger partial charge in [0.1, 0.15) is 11.5 Å². The zero-order chi connectivity index (χ0) is 12.4. The molecular formula is C11H9FN2O3. The summed E-state index contributed by atoms with van der Waals surface area (Å²) in [5.41, 5.74) is 6.42. The highest BCUT2D eigenvalue weighted by molar-refractivity contribution is 5.77. The number of carboxylic acids is 1. The summed E-state index contributed by atoms with van der Waals surface area (Å²) >= 11 is 0. The molecule has 5 nitrogen and oxygen atoms in total. The number of nitrogens with two attached hydrogens (primary N) is 1. The van der Waals surface area contributed by atoms with Gasteiger partial charge in [0, 0.05) is 5.56 Å². The first-order chi connectivity index (χ1) is 8.08. The average molecular weight is 236 g/mol. The van der Waals surface area contributed by atoms with Crippen molar-refractivity contribution in [2.75, 3.05) is 5.73 Å². The van der Waals surface area contributed by atoms with Crippen LogP contribution >= 0.6 is 0 Å². The topological polar surface area (TPSA) is 89.4 Å². The van der Waals surface area contributed by atoms with E-state index in [1.54, 1.807) is 6.07 Å². The maximum absolute atomic E-state index is 13.0. The van der Waals surface area contributed by atoms with Crippen molar-refractivity contribution in [3.63, 3.8) is 0 Å². The van der Waals surface area contributed by atoms with Crippen LogP contribution < -0.4 is 5.73 Å². The van der Waals surface area contributed by atoms with Crippen molar-refractivity contribution in [2.45, 2.75) is 6.42 Å². The molecular weight excluding hydrogens is 227 g/mol. The second kappa shape index (κ2) is 4.25. The van der Waals surface area contributed by atoms with Crippen LogP contribution in [0.5, 0.6) is 0 Å². The van der Waals surface area contributed by atoms with E-state index >= 15 is 0 Å². The van der Waals surface area contributed by atoms with Gasteiger partial charge in [0.25, 0.3) is 0 Å². The van der Waals surface area contributed by atoms with E-state index in [4.69, 9.17) is 15.4 Å². The highest BCUT2D eigenvalue weighted by atomic mass is 19.1. The lowest BCUT2D eigenvalue weighted by atomic mass is 10.1. The fourth-order valence-corrected chi connectivity index (χ4v) is 1.51. The fraction of sp³-hybridized carbons (Fsp3) is 0.0909.